The third-order valence-electron chi connectivity index (χ3n) is 3.12. The smallest absolute Gasteiger partial charge is 0.338 e. The molecule has 3 rings (SSSR count). The van der Waals surface area contributed by atoms with Gasteiger partial charge in [-0.1, -0.05) is 41.9 Å². The molecule has 0 spiro atoms. The van der Waals surface area contributed by atoms with E-state index in [0.717, 1.165) is 15.6 Å². The van der Waals surface area contributed by atoms with Crippen LogP contribution in [0.15, 0.2) is 42.6 Å². The number of rotatable bonds is 4. The van der Waals surface area contributed by atoms with Gasteiger partial charge in [-0.05, 0) is 16.8 Å². The molecule has 0 radical (unpaired) electrons. The van der Waals surface area contributed by atoms with E-state index in [2.05, 4.69) is 10.3 Å². The molecule has 3 aromatic rings. The molecule has 0 aliphatic rings. The van der Waals surface area contributed by atoms with E-state index in [1.165, 1.54) is 11.3 Å². The zero-order valence-electron chi connectivity index (χ0n) is 10.8. The van der Waals surface area contributed by atoms with Gasteiger partial charge < -0.3 is 10.4 Å². The topological polar surface area (TPSA) is 62.2 Å². The minimum atomic E-state index is -0.948. The Bertz CT molecular complexity index is 816. The van der Waals surface area contributed by atoms with Gasteiger partial charge in [-0.15, -0.1) is 11.3 Å². The van der Waals surface area contributed by atoms with Crippen molar-refractivity contribution in [1.82, 2.24) is 4.98 Å². The van der Waals surface area contributed by atoms with Crippen molar-refractivity contribution in [3.05, 3.63) is 57.5 Å². The Morgan fingerprint density at radius 2 is 2.10 bits per heavy atom. The largest absolute Gasteiger partial charge is 0.478 e. The highest BCUT2D eigenvalue weighted by Gasteiger charge is 2.14. The first-order valence-corrected chi connectivity index (χ1v) is 7.44. The van der Waals surface area contributed by atoms with Crippen LogP contribution in [-0.4, -0.2) is 16.1 Å². The van der Waals surface area contributed by atoms with Crippen LogP contribution in [0.2, 0.25) is 4.47 Å². The molecule has 0 saturated carbocycles. The zero-order valence-corrected chi connectivity index (χ0v) is 12.4. The summed E-state index contributed by atoms with van der Waals surface area (Å²) in [5.41, 5.74) is 0.870. The first kappa shape index (κ1) is 13.9. The van der Waals surface area contributed by atoms with Gasteiger partial charge in [-0.2, -0.15) is 0 Å². The average Bonchev–Trinajstić information content (AvgIpc) is 2.89. The first-order chi connectivity index (χ1) is 10.1. The van der Waals surface area contributed by atoms with Crippen molar-refractivity contribution in [3.8, 4) is 0 Å². The number of benzene rings is 2. The molecule has 2 N–H and O–H groups in total. The number of carboxylic acids is 1. The molecule has 1 aromatic heterocycles. The predicted molar refractivity (Wildman–Crippen MR) is 85.4 cm³/mol. The lowest BCUT2D eigenvalue weighted by Crippen LogP contribution is -2.06. The van der Waals surface area contributed by atoms with Gasteiger partial charge in [0.1, 0.15) is 0 Å². The maximum absolute atomic E-state index is 11.6. The number of fused-ring (bicyclic) bond motifs is 1. The molecule has 0 saturated heterocycles. The third kappa shape index (κ3) is 2.84. The van der Waals surface area contributed by atoms with Crippen LogP contribution in [0.25, 0.3) is 10.8 Å². The number of halogens is 1. The maximum Gasteiger partial charge on any atom is 0.338 e. The first-order valence-electron chi connectivity index (χ1n) is 6.24. The molecule has 6 heteroatoms. The summed E-state index contributed by atoms with van der Waals surface area (Å²) in [5, 5.41) is 14.3. The van der Waals surface area contributed by atoms with Gasteiger partial charge in [0.15, 0.2) is 4.47 Å². The Balaban J connectivity index is 1.97. The normalized spacial score (nSPS) is 10.7. The van der Waals surface area contributed by atoms with E-state index in [4.69, 9.17) is 11.6 Å². The van der Waals surface area contributed by atoms with E-state index < -0.39 is 5.97 Å². The Morgan fingerprint density at radius 3 is 2.81 bits per heavy atom. The maximum atomic E-state index is 11.6. The summed E-state index contributed by atoms with van der Waals surface area (Å²) in [6.45, 7) is 0.489. The molecular formula is C15H11ClN2O2S. The second-order valence-electron chi connectivity index (χ2n) is 4.45. The van der Waals surface area contributed by atoms with Crippen LogP contribution in [0.1, 0.15) is 15.2 Å². The summed E-state index contributed by atoms with van der Waals surface area (Å²) in [5.74, 6) is -0.948. The third-order valence-corrected chi connectivity index (χ3v) is 4.24. The van der Waals surface area contributed by atoms with Crippen molar-refractivity contribution in [1.29, 1.82) is 0 Å². The lowest BCUT2D eigenvalue weighted by atomic mass is 10.0. The molecule has 0 amide bonds. The van der Waals surface area contributed by atoms with Gasteiger partial charge in [0.2, 0.25) is 0 Å². The Labute approximate surface area is 130 Å². The van der Waals surface area contributed by atoms with E-state index >= 15 is 0 Å². The van der Waals surface area contributed by atoms with Crippen LogP contribution in [-0.2, 0) is 6.54 Å². The standard InChI is InChI=1S/C15H11ClN2O2S/c16-15-18-8-10(21-15)7-17-12-6-5-9-3-1-2-4-11(9)13(12)14(19)20/h1-6,8,17H,7H2,(H,19,20). The summed E-state index contributed by atoms with van der Waals surface area (Å²) >= 11 is 7.16. The highest BCUT2D eigenvalue weighted by molar-refractivity contribution is 7.15. The van der Waals surface area contributed by atoms with Crippen molar-refractivity contribution in [2.75, 3.05) is 5.32 Å². The number of nitrogens with one attached hydrogen (secondary N) is 1. The SMILES string of the molecule is O=C(O)c1c(NCc2cnc(Cl)s2)ccc2ccccc12. The zero-order chi connectivity index (χ0) is 14.8. The summed E-state index contributed by atoms with van der Waals surface area (Å²) in [6.07, 6.45) is 1.68. The van der Waals surface area contributed by atoms with E-state index in [-0.39, 0.29) is 5.56 Å². The number of nitrogens with zero attached hydrogens (tertiary/aromatic N) is 1. The fourth-order valence-corrected chi connectivity index (χ4v) is 3.11. The number of anilines is 1. The van der Waals surface area contributed by atoms with E-state index in [1.807, 2.05) is 30.3 Å². The van der Waals surface area contributed by atoms with E-state index in [0.29, 0.717) is 16.7 Å². The fraction of sp³-hybridized carbons (Fsp3) is 0.0667. The van der Waals surface area contributed by atoms with Gasteiger partial charge >= 0.3 is 5.97 Å². The molecule has 0 unspecified atom stereocenters. The highest BCUT2D eigenvalue weighted by atomic mass is 35.5. The number of carbonyl (C=O) groups is 1. The van der Waals surface area contributed by atoms with Gasteiger partial charge in [0.25, 0.3) is 0 Å². The molecule has 106 valence electrons. The van der Waals surface area contributed by atoms with Crippen molar-refractivity contribution in [2.24, 2.45) is 0 Å². The Kier molecular flexibility index (Phi) is 3.77. The van der Waals surface area contributed by atoms with Gasteiger partial charge in [-0.3, -0.25) is 0 Å². The summed E-state index contributed by atoms with van der Waals surface area (Å²) in [4.78, 5) is 16.5. The second-order valence-corrected chi connectivity index (χ2v) is 6.14. The van der Waals surface area contributed by atoms with Gasteiger partial charge in [-0.25, -0.2) is 9.78 Å². The second kappa shape index (κ2) is 5.71. The fourth-order valence-electron chi connectivity index (χ4n) is 2.20. The molecule has 0 aliphatic carbocycles. The summed E-state index contributed by atoms with van der Waals surface area (Å²) in [7, 11) is 0. The van der Waals surface area contributed by atoms with Crippen molar-refractivity contribution in [2.45, 2.75) is 6.54 Å². The molecule has 0 atom stereocenters. The molecule has 4 nitrogen and oxygen atoms in total. The van der Waals surface area contributed by atoms with E-state index in [9.17, 15) is 9.90 Å². The molecule has 0 fully saturated rings. The van der Waals surface area contributed by atoms with Crippen LogP contribution in [0.4, 0.5) is 5.69 Å². The van der Waals surface area contributed by atoms with Crippen molar-refractivity contribution < 1.29 is 9.90 Å². The quantitative estimate of drug-likeness (QED) is 0.754. The van der Waals surface area contributed by atoms with Crippen molar-refractivity contribution in [3.63, 3.8) is 0 Å². The number of hydrogen-bond donors (Lipinski definition) is 2. The monoisotopic (exact) mass is 318 g/mol. The molecule has 21 heavy (non-hydrogen) atoms. The van der Waals surface area contributed by atoms with Gasteiger partial charge in [0, 0.05) is 16.8 Å². The summed E-state index contributed by atoms with van der Waals surface area (Å²) < 4.78 is 0.476. The van der Waals surface area contributed by atoms with Crippen LogP contribution in [0, 0.1) is 0 Å². The van der Waals surface area contributed by atoms with Gasteiger partial charge in [0.05, 0.1) is 12.1 Å². The van der Waals surface area contributed by atoms with Crippen LogP contribution < -0.4 is 5.32 Å². The van der Waals surface area contributed by atoms with Crippen molar-refractivity contribution >= 4 is 45.4 Å². The number of aromatic nitrogens is 1. The van der Waals surface area contributed by atoms with E-state index in [1.54, 1.807) is 12.3 Å². The van der Waals surface area contributed by atoms with Crippen LogP contribution >= 0.6 is 22.9 Å². The summed E-state index contributed by atoms with van der Waals surface area (Å²) in [6, 6.07) is 11.1. The Morgan fingerprint density at radius 1 is 1.29 bits per heavy atom. The Hall–Kier alpha value is -2.11. The molecule has 1 heterocycles. The lowest BCUT2D eigenvalue weighted by Gasteiger charge is -2.11. The average molecular weight is 319 g/mol. The number of hydrogen-bond acceptors (Lipinski definition) is 4. The molecular weight excluding hydrogens is 308 g/mol. The minimum Gasteiger partial charge on any atom is -0.478 e. The molecule has 0 aliphatic heterocycles. The predicted octanol–water partition coefficient (Wildman–Crippen LogP) is 4.26. The molecule has 2 aromatic carbocycles. The van der Waals surface area contributed by atoms with Crippen LogP contribution in [0.5, 0.6) is 0 Å². The minimum absolute atomic E-state index is 0.281. The molecule has 0 bridgehead atoms. The highest BCUT2D eigenvalue weighted by Crippen LogP contribution is 2.27. The van der Waals surface area contributed by atoms with Crippen LogP contribution in [0.3, 0.4) is 0 Å². The number of aromatic carboxylic acids is 1. The lowest BCUT2D eigenvalue weighted by molar-refractivity contribution is 0.0700. The number of thiazole rings is 1. The number of carboxylic acid groups (broad SMARTS) is 1.